The standard InChI is InChI=1S/C35H45N2/c1-7-26(2)24-37(21-9-8-10-27(3)25-37)33-19-16-30(17-20-33)29-13-11-28(12-14-29)22-31-15-18-32(23-34(31)36)35(4,5)6/h8-20,23,26H,7,21-22,24-25,36H2,1-6H3/q+1. The molecule has 4 rings (SSSR count). The summed E-state index contributed by atoms with van der Waals surface area (Å²) in [5.74, 6) is 0.685. The molecule has 2 atom stereocenters. The van der Waals surface area contributed by atoms with Gasteiger partial charge in [0.2, 0.25) is 0 Å². The number of nitrogens with two attached hydrogens (primary N) is 1. The third-order valence-corrected chi connectivity index (χ3v) is 7.99. The van der Waals surface area contributed by atoms with Crippen molar-refractivity contribution in [2.24, 2.45) is 5.92 Å². The Kier molecular flexibility index (Phi) is 8.09. The maximum Gasteiger partial charge on any atom is 0.133 e. The predicted octanol–water partition coefficient (Wildman–Crippen LogP) is 8.69. The molecule has 2 N–H and O–H groups in total. The molecule has 0 aromatic heterocycles. The molecule has 3 aromatic rings. The van der Waals surface area contributed by atoms with Crippen molar-refractivity contribution < 1.29 is 0 Å². The molecule has 0 bridgehead atoms. The van der Waals surface area contributed by atoms with E-state index in [4.69, 9.17) is 5.73 Å². The summed E-state index contributed by atoms with van der Waals surface area (Å²) in [6.07, 6.45) is 8.91. The molecule has 1 heterocycles. The smallest absolute Gasteiger partial charge is 0.133 e. The van der Waals surface area contributed by atoms with E-state index in [0.717, 1.165) is 29.7 Å². The summed E-state index contributed by atoms with van der Waals surface area (Å²) >= 11 is 0. The first-order valence-electron chi connectivity index (χ1n) is 13.9. The highest BCUT2D eigenvalue weighted by Crippen LogP contribution is 2.32. The van der Waals surface area contributed by atoms with Gasteiger partial charge in [0.15, 0.2) is 0 Å². The van der Waals surface area contributed by atoms with Crippen molar-refractivity contribution in [3.8, 4) is 11.1 Å². The Morgan fingerprint density at radius 3 is 2.16 bits per heavy atom. The predicted molar refractivity (Wildman–Crippen MR) is 163 cm³/mol. The molecular formula is C35H45N2+. The van der Waals surface area contributed by atoms with E-state index in [1.54, 1.807) is 0 Å². The Morgan fingerprint density at radius 1 is 0.919 bits per heavy atom. The fraction of sp³-hybridized carbons (Fsp3) is 0.371. The number of hydrogen-bond acceptors (Lipinski definition) is 1. The van der Waals surface area contributed by atoms with Gasteiger partial charge in [0.25, 0.3) is 0 Å². The molecular weight excluding hydrogens is 448 g/mol. The van der Waals surface area contributed by atoms with Gasteiger partial charge in [-0.3, -0.25) is 4.48 Å². The molecule has 0 saturated heterocycles. The molecule has 194 valence electrons. The van der Waals surface area contributed by atoms with E-state index in [1.165, 1.54) is 52.0 Å². The third kappa shape index (κ3) is 6.43. The van der Waals surface area contributed by atoms with Crippen molar-refractivity contribution >= 4 is 11.4 Å². The van der Waals surface area contributed by atoms with Gasteiger partial charge in [-0.05, 0) is 95.0 Å². The van der Waals surface area contributed by atoms with Crippen LogP contribution in [-0.4, -0.2) is 19.6 Å². The Balaban J connectivity index is 1.52. The lowest BCUT2D eigenvalue weighted by atomic mass is 9.85. The van der Waals surface area contributed by atoms with Crippen LogP contribution in [0.1, 0.15) is 64.7 Å². The second-order valence-electron chi connectivity index (χ2n) is 12.2. The van der Waals surface area contributed by atoms with E-state index in [0.29, 0.717) is 5.92 Å². The SMILES string of the molecule is CCC(C)C[N+]1(c2ccc(-c3ccc(Cc4ccc(C(C)(C)C)cc4N)cc3)cc2)CC=CC=C(C)C1. The summed E-state index contributed by atoms with van der Waals surface area (Å²) in [6.45, 7) is 16.9. The maximum atomic E-state index is 6.42. The van der Waals surface area contributed by atoms with Crippen molar-refractivity contribution in [1.82, 2.24) is 4.48 Å². The first kappa shape index (κ1) is 26.9. The van der Waals surface area contributed by atoms with Gasteiger partial charge in [-0.15, -0.1) is 0 Å². The minimum atomic E-state index is 0.110. The normalized spacial score (nSPS) is 18.8. The molecule has 1 aliphatic heterocycles. The summed E-state index contributed by atoms with van der Waals surface area (Å²) < 4.78 is 1.00. The second-order valence-corrected chi connectivity index (χ2v) is 12.2. The number of nitrogens with zero attached hydrogens (tertiary/aromatic N) is 1. The van der Waals surface area contributed by atoms with Crippen LogP contribution in [-0.2, 0) is 11.8 Å². The summed E-state index contributed by atoms with van der Waals surface area (Å²) in [4.78, 5) is 0. The number of benzene rings is 3. The molecule has 0 aliphatic carbocycles. The lowest BCUT2D eigenvalue weighted by Gasteiger charge is -2.39. The quantitative estimate of drug-likeness (QED) is 0.258. The van der Waals surface area contributed by atoms with E-state index in [-0.39, 0.29) is 5.41 Å². The summed E-state index contributed by atoms with van der Waals surface area (Å²) in [7, 11) is 0. The molecule has 0 spiro atoms. The minimum Gasteiger partial charge on any atom is -0.398 e. The van der Waals surface area contributed by atoms with Gasteiger partial charge in [0, 0.05) is 11.6 Å². The van der Waals surface area contributed by atoms with E-state index in [1.807, 2.05) is 0 Å². The largest absolute Gasteiger partial charge is 0.398 e. The van der Waals surface area contributed by atoms with E-state index in [2.05, 4.69) is 127 Å². The van der Waals surface area contributed by atoms with Gasteiger partial charge in [-0.2, -0.15) is 0 Å². The molecule has 0 radical (unpaired) electrons. The number of quaternary nitrogens is 1. The number of allylic oxidation sites excluding steroid dienone is 2. The summed E-state index contributed by atoms with van der Waals surface area (Å²) in [6, 6.07) is 24.8. The van der Waals surface area contributed by atoms with Crippen LogP contribution in [0.15, 0.2) is 90.5 Å². The van der Waals surface area contributed by atoms with Crippen molar-refractivity contribution in [3.63, 3.8) is 0 Å². The van der Waals surface area contributed by atoms with Crippen molar-refractivity contribution in [2.75, 3.05) is 25.4 Å². The highest BCUT2D eigenvalue weighted by atomic mass is 15.4. The Bertz CT molecular complexity index is 1260. The van der Waals surface area contributed by atoms with Crippen LogP contribution in [0, 0.1) is 5.92 Å². The molecule has 37 heavy (non-hydrogen) atoms. The number of hydrogen-bond donors (Lipinski definition) is 1. The molecule has 3 aromatic carbocycles. The molecule has 2 nitrogen and oxygen atoms in total. The third-order valence-electron chi connectivity index (χ3n) is 7.99. The van der Waals surface area contributed by atoms with E-state index < -0.39 is 0 Å². The summed E-state index contributed by atoms with van der Waals surface area (Å²) in [5, 5.41) is 0. The zero-order valence-corrected chi connectivity index (χ0v) is 23.7. The lowest BCUT2D eigenvalue weighted by molar-refractivity contribution is 0.275. The van der Waals surface area contributed by atoms with Gasteiger partial charge >= 0.3 is 0 Å². The number of anilines is 1. The van der Waals surface area contributed by atoms with Gasteiger partial charge in [-0.25, -0.2) is 0 Å². The number of rotatable bonds is 7. The molecule has 1 aliphatic rings. The summed E-state index contributed by atoms with van der Waals surface area (Å²) in [5.41, 5.74) is 16.6. The number of nitrogen functional groups attached to an aromatic ring is 1. The lowest BCUT2D eigenvalue weighted by Crippen LogP contribution is -2.52. The van der Waals surface area contributed by atoms with Gasteiger partial charge in [0.1, 0.15) is 18.8 Å². The first-order chi connectivity index (χ1) is 17.6. The van der Waals surface area contributed by atoms with Gasteiger partial charge < -0.3 is 5.73 Å². The van der Waals surface area contributed by atoms with Gasteiger partial charge in [-0.1, -0.05) is 83.2 Å². The van der Waals surface area contributed by atoms with E-state index in [9.17, 15) is 0 Å². The second kappa shape index (κ2) is 11.1. The average molecular weight is 494 g/mol. The zero-order chi connectivity index (χ0) is 26.6. The highest BCUT2D eigenvalue weighted by Gasteiger charge is 2.32. The average Bonchev–Trinajstić information content (AvgIpc) is 3.06. The Morgan fingerprint density at radius 2 is 1.57 bits per heavy atom. The molecule has 0 amide bonds. The fourth-order valence-corrected chi connectivity index (χ4v) is 5.48. The minimum absolute atomic E-state index is 0.110. The molecule has 2 unspecified atom stereocenters. The first-order valence-corrected chi connectivity index (χ1v) is 13.9. The van der Waals surface area contributed by atoms with Crippen molar-refractivity contribution in [1.29, 1.82) is 0 Å². The van der Waals surface area contributed by atoms with Crippen LogP contribution >= 0.6 is 0 Å². The zero-order valence-electron chi connectivity index (χ0n) is 23.7. The topological polar surface area (TPSA) is 26.0 Å². The highest BCUT2D eigenvalue weighted by molar-refractivity contribution is 5.66. The fourth-order valence-electron chi connectivity index (χ4n) is 5.48. The molecule has 0 saturated carbocycles. The molecule has 0 fully saturated rings. The van der Waals surface area contributed by atoms with Gasteiger partial charge in [0.05, 0.1) is 6.54 Å². The molecule has 2 heteroatoms. The van der Waals surface area contributed by atoms with Crippen molar-refractivity contribution in [3.05, 3.63) is 107 Å². The monoisotopic (exact) mass is 493 g/mol. The van der Waals surface area contributed by atoms with E-state index >= 15 is 0 Å². The van der Waals surface area contributed by atoms with Crippen LogP contribution in [0.3, 0.4) is 0 Å². The van der Waals surface area contributed by atoms with Crippen LogP contribution < -0.4 is 10.2 Å². The van der Waals surface area contributed by atoms with Crippen LogP contribution in [0.25, 0.3) is 11.1 Å². The van der Waals surface area contributed by atoms with Crippen LogP contribution in [0.5, 0.6) is 0 Å². The Labute approximate surface area is 225 Å². The van der Waals surface area contributed by atoms with Crippen LogP contribution in [0.2, 0.25) is 0 Å². The van der Waals surface area contributed by atoms with Crippen LogP contribution in [0.4, 0.5) is 11.4 Å². The maximum absolute atomic E-state index is 6.42. The Hall–Kier alpha value is -3.10. The van der Waals surface area contributed by atoms with Crippen molar-refractivity contribution in [2.45, 2.75) is 59.8 Å².